The third kappa shape index (κ3) is 10.6. The molecule has 0 radical (unpaired) electrons. The van der Waals surface area contributed by atoms with Crippen molar-refractivity contribution < 1.29 is 18.9 Å². The maximum atomic E-state index is 6.80. The molecule has 3 rings (SSSR count). The van der Waals surface area contributed by atoms with Gasteiger partial charge in [-0.05, 0) is 118 Å². The van der Waals surface area contributed by atoms with Crippen LogP contribution in [0.15, 0.2) is 41.0 Å². The summed E-state index contributed by atoms with van der Waals surface area (Å²) in [4.78, 5) is 2.35. The molecule has 0 bridgehead atoms. The van der Waals surface area contributed by atoms with Gasteiger partial charge in [-0.3, -0.25) is 4.90 Å². The van der Waals surface area contributed by atoms with Gasteiger partial charge in [-0.1, -0.05) is 34.9 Å². The van der Waals surface area contributed by atoms with Crippen LogP contribution < -0.4 is 9.47 Å². The number of nitrogens with zero attached hydrogens (tertiary/aromatic N) is 1. The van der Waals surface area contributed by atoms with E-state index in [-0.39, 0.29) is 11.9 Å². The standard InChI is InChI=1S/C36H57NO4/c1-9-38-34(39-10-2)20-23-37-25-32-31-19-22-36(8,41-35(31)30(7)24-33(32)40-26-37)21-13-18-29(6)17-12-16-28(5)15-11-14-27(3)4/h14,16,18,24,34H,9-13,15,17,19-23,25-26H2,1-8H3/b28-16+,29-18+/t36-/m1/s1. The van der Waals surface area contributed by atoms with Crippen LogP contribution in [-0.4, -0.2) is 43.3 Å². The Labute approximate surface area is 251 Å². The molecule has 0 saturated heterocycles. The number of hydrogen-bond acceptors (Lipinski definition) is 5. The maximum Gasteiger partial charge on any atom is 0.158 e. The van der Waals surface area contributed by atoms with Crippen LogP contribution in [0.5, 0.6) is 11.5 Å². The summed E-state index contributed by atoms with van der Waals surface area (Å²) in [5.74, 6) is 2.11. The first kappa shape index (κ1) is 33.4. The van der Waals surface area contributed by atoms with Gasteiger partial charge in [0.15, 0.2) is 6.29 Å². The number of rotatable bonds is 16. The molecule has 0 aromatic heterocycles. The zero-order valence-corrected chi connectivity index (χ0v) is 27.4. The molecule has 0 aliphatic carbocycles. The van der Waals surface area contributed by atoms with Crippen molar-refractivity contribution in [2.24, 2.45) is 0 Å². The molecule has 5 heteroatoms. The molecule has 2 aliphatic rings. The lowest BCUT2D eigenvalue weighted by molar-refractivity contribution is -0.143. The van der Waals surface area contributed by atoms with Crippen LogP contribution >= 0.6 is 0 Å². The molecule has 5 nitrogen and oxygen atoms in total. The summed E-state index contributed by atoms with van der Waals surface area (Å²) >= 11 is 0. The quantitative estimate of drug-likeness (QED) is 0.147. The molecule has 0 amide bonds. The minimum absolute atomic E-state index is 0.137. The number of aryl methyl sites for hydroxylation is 1. The summed E-state index contributed by atoms with van der Waals surface area (Å²) in [6.45, 7) is 21.1. The Hall–Kier alpha value is -2.08. The fourth-order valence-electron chi connectivity index (χ4n) is 5.86. The molecule has 0 unspecified atom stereocenters. The fourth-order valence-corrected chi connectivity index (χ4v) is 5.86. The normalized spacial score (nSPS) is 19.4. The molecule has 1 aromatic rings. The molecule has 0 N–H and O–H groups in total. The van der Waals surface area contributed by atoms with Gasteiger partial charge in [0, 0.05) is 43.9 Å². The van der Waals surface area contributed by atoms with Gasteiger partial charge in [-0.15, -0.1) is 0 Å². The summed E-state index contributed by atoms with van der Waals surface area (Å²) < 4.78 is 24.5. The monoisotopic (exact) mass is 567 g/mol. The highest BCUT2D eigenvalue weighted by molar-refractivity contribution is 5.55. The van der Waals surface area contributed by atoms with E-state index in [1.54, 1.807) is 0 Å². The summed E-state index contributed by atoms with van der Waals surface area (Å²) in [5, 5.41) is 0. The highest BCUT2D eigenvalue weighted by atomic mass is 16.7. The van der Waals surface area contributed by atoms with E-state index in [0.717, 1.165) is 76.0 Å². The summed E-state index contributed by atoms with van der Waals surface area (Å²) in [6.07, 6.45) is 16.6. The molecule has 0 saturated carbocycles. The number of ether oxygens (including phenoxy) is 4. The average molecular weight is 568 g/mol. The SMILES string of the molecule is CCOC(CCN1COc2cc(C)c3c(c2C1)CC[C@@](C)(CC/C=C(\C)CC/C=C(\C)CCC=C(C)C)O3)OCC. The van der Waals surface area contributed by atoms with E-state index in [9.17, 15) is 0 Å². The lowest BCUT2D eigenvalue weighted by Crippen LogP contribution is -2.39. The topological polar surface area (TPSA) is 40.2 Å². The van der Waals surface area contributed by atoms with Crippen LogP contribution in [0.3, 0.4) is 0 Å². The Bertz CT molecular complexity index is 1060. The zero-order valence-electron chi connectivity index (χ0n) is 27.4. The van der Waals surface area contributed by atoms with Crippen LogP contribution in [0.1, 0.15) is 117 Å². The fraction of sp³-hybridized carbons (Fsp3) is 0.667. The molecule has 230 valence electrons. The van der Waals surface area contributed by atoms with Gasteiger partial charge < -0.3 is 18.9 Å². The average Bonchev–Trinajstić information content (AvgIpc) is 2.92. The van der Waals surface area contributed by atoms with E-state index in [1.165, 1.54) is 39.8 Å². The lowest BCUT2D eigenvalue weighted by atomic mass is 9.85. The van der Waals surface area contributed by atoms with E-state index in [2.05, 4.69) is 70.7 Å². The van der Waals surface area contributed by atoms with Crippen molar-refractivity contribution >= 4 is 0 Å². The first-order valence-corrected chi connectivity index (χ1v) is 16.0. The van der Waals surface area contributed by atoms with Crippen LogP contribution in [-0.2, 0) is 22.4 Å². The molecule has 1 atom stereocenters. The Kier molecular flexibility index (Phi) is 13.5. The predicted octanol–water partition coefficient (Wildman–Crippen LogP) is 9.22. The van der Waals surface area contributed by atoms with Gasteiger partial charge in [-0.2, -0.15) is 0 Å². The van der Waals surface area contributed by atoms with Crippen LogP contribution in [0.25, 0.3) is 0 Å². The third-order valence-corrected chi connectivity index (χ3v) is 8.35. The van der Waals surface area contributed by atoms with Crippen molar-refractivity contribution in [2.45, 2.75) is 132 Å². The Balaban J connectivity index is 1.54. The number of fused-ring (bicyclic) bond motifs is 3. The number of benzene rings is 1. The lowest BCUT2D eigenvalue weighted by Gasteiger charge is -2.39. The highest BCUT2D eigenvalue weighted by Gasteiger charge is 2.35. The van der Waals surface area contributed by atoms with E-state index < -0.39 is 0 Å². The molecule has 1 aromatic carbocycles. The van der Waals surface area contributed by atoms with Crippen LogP contribution in [0, 0.1) is 6.92 Å². The van der Waals surface area contributed by atoms with Gasteiger partial charge in [0.1, 0.15) is 23.8 Å². The Morgan fingerprint density at radius 1 is 0.976 bits per heavy atom. The number of hydrogen-bond donors (Lipinski definition) is 0. The summed E-state index contributed by atoms with van der Waals surface area (Å²) in [5.41, 5.74) is 8.08. The molecule has 2 aliphatic heterocycles. The molecule has 2 heterocycles. The van der Waals surface area contributed by atoms with Crippen molar-refractivity contribution in [3.63, 3.8) is 0 Å². The van der Waals surface area contributed by atoms with Crippen molar-refractivity contribution in [1.29, 1.82) is 0 Å². The molecular formula is C36H57NO4. The Morgan fingerprint density at radius 2 is 1.63 bits per heavy atom. The summed E-state index contributed by atoms with van der Waals surface area (Å²) in [6, 6.07) is 2.18. The van der Waals surface area contributed by atoms with E-state index >= 15 is 0 Å². The van der Waals surface area contributed by atoms with Gasteiger partial charge in [0.25, 0.3) is 0 Å². The molecule has 0 spiro atoms. The van der Waals surface area contributed by atoms with E-state index in [0.29, 0.717) is 19.9 Å². The second kappa shape index (κ2) is 16.5. The van der Waals surface area contributed by atoms with Gasteiger partial charge in [0.05, 0.1) is 0 Å². The highest BCUT2D eigenvalue weighted by Crippen LogP contribution is 2.44. The second-order valence-electron chi connectivity index (χ2n) is 12.5. The number of allylic oxidation sites excluding steroid dienone is 6. The smallest absolute Gasteiger partial charge is 0.158 e. The maximum absolute atomic E-state index is 6.80. The van der Waals surface area contributed by atoms with E-state index in [1.807, 2.05) is 13.8 Å². The third-order valence-electron chi connectivity index (χ3n) is 8.35. The van der Waals surface area contributed by atoms with Crippen molar-refractivity contribution in [2.75, 3.05) is 26.5 Å². The van der Waals surface area contributed by atoms with E-state index in [4.69, 9.17) is 18.9 Å². The van der Waals surface area contributed by atoms with Crippen LogP contribution in [0.4, 0.5) is 0 Å². The van der Waals surface area contributed by atoms with Gasteiger partial charge in [0.2, 0.25) is 0 Å². The van der Waals surface area contributed by atoms with Crippen molar-refractivity contribution in [1.82, 2.24) is 4.90 Å². The molecular weight excluding hydrogens is 510 g/mol. The minimum Gasteiger partial charge on any atom is -0.487 e. The largest absolute Gasteiger partial charge is 0.487 e. The van der Waals surface area contributed by atoms with Crippen LogP contribution in [0.2, 0.25) is 0 Å². The zero-order chi connectivity index (χ0) is 29.8. The van der Waals surface area contributed by atoms with Gasteiger partial charge >= 0.3 is 0 Å². The summed E-state index contributed by atoms with van der Waals surface area (Å²) in [7, 11) is 0. The minimum atomic E-state index is -0.154. The van der Waals surface area contributed by atoms with Gasteiger partial charge in [-0.25, -0.2) is 0 Å². The first-order valence-electron chi connectivity index (χ1n) is 16.0. The first-order chi connectivity index (χ1) is 19.6. The predicted molar refractivity (Wildman–Crippen MR) is 171 cm³/mol. The Morgan fingerprint density at radius 3 is 2.29 bits per heavy atom. The van der Waals surface area contributed by atoms with Crippen molar-refractivity contribution in [3.05, 3.63) is 57.7 Å². The van der Waals surface area contributed by atoms with Crippen molar-refractivity contribution in [3.8, 4) is 11.5 Å². The molecule has 0 fully saturated rings. The second-order valence-corrected chi connectivity index (χ2v) is 12.5. The molecule has 41 heavy (non-hydrogen) atoms.